The van der Waals surface area contributed by atoms with Gasteiger partial charge in [-0.25, -0.2) is 4.98 Å². The first-order valence-corrected chi connectivity index (χ1v) is 5.45. The zero-order chi connectivity index (χ0) is 12.6. The van der Waals surface area contributed by atoms with Crippen LogP contribution in [-0.4, -0.2) is 19.7 Å². The van der Waals surface area contributed by atoms with E-state index in [2.05, 4.69) is 15.1 Å². The molecule has 1 unspecified atom stereocenters. The molecule has 0 amide bonds. The van der Waals surface area contributed by atoms with Crippen molar-refractivity contribution in [3.63, 3.8) is 0 Å². The molecule has 2 aromatic heterocycles. The quantitative estimate of drug-likeness (QED) is 0.844. The molecule has 2 N–H and O–H groups in total. The lowest BCUT2D eigenvalue weighted by molar-refractivity contribution is 0.317. The van der Waals surface area contributed by atoms with Gasteiger partial charge >= 0.3 is 0 Å². The van der Waals surface area contributed by atoms with E-state index in [1.807, 2.05) is 32.4 Å². The molecule has 17 heavy (non-hydrogen) atoms. The summed E-state index contributed by atoms with van der Waals surface area (Å²) in [6, 6.07) is -0.414. The summed E-state index contributed by atoms with van der Waals surface area (Å²) >= 11 is 0. The number of nitrogens with two attached hydrogens (primary N) is 1. The van der Waals surface area contributed by atoms with Crippen molar-refractivity contribution < 1.29 is 4.52 Å². The van der Waals surface area contributed by atoms with Crippen molar-refractivity contribution in [3.05, 3.63) is 29.9 Å². The molecule has 0 saturated heterocycles. The summed E-state index contributed by atoms with van der Waals surface area (Å²) in [5, 5.41) is 3.93. The molecule has 6 nitrogen and oxygen atoms in total. The third-order valence-electron chi connectivity index (χ3n) is 2.53. The van der Waals surface area contributed by atoms with Crippen molar-refractivity contribution in [2.24, 2.45) is 12.8 Å². The third kappa shape index (κ3) is 2.21. The van der Waals surface area contributed by atoms with Crippen LogP contribution < -0.4 is 5.73 Å². The van der Waals surface area contributed by atoms with Crippen LogP contribution in [0.3, 0.4) is 0 Å². The van der Waals surface area contributed by atoms with Crippen molar-refractivity contribution in [2.45, 2.75) is 32.2 Å². The lowest BCUT2D eigenvalue weighted by Gasteiger charge is -2.11. The van der Waals surface area contributed by atoms with Gasteiger partial charge in [0.2, 0.25) is 5.89 Å². The largest absolute Gasteiger partial charge is 0.339 e. The molecule has 2 aromatic rings. The first-order valence-electron chi connectivity index (χ1n) is 5.45. The Labute approximate surface area is 99.8 Å². The molecule has 0 spiro atoms. The maximum atomic E-state index is 6.07. The minimum absolute atomic E-state index is 0.169. The summed E-state index contributed by atoms with van der Waals surface area (Å²) in [5.41, 5.74) is 6.76. The highest BCUT2D eigenvalue weighted by atomic mass is 16.5. The van der Waals surface area contributed by atoms with Gasteiger partial charge in [0.1, 0.15) is 6.04 Å². The summed E-state index contributed by atoms with van der Waals surface area (Å²) in [7, 11) is 1.88. The Balaban J connectivity index is 2.30. The number of rotatable bonds is 2. The van der Waals surface area contributed by atoms with Gasteiger partial charge in [0, 0.05) is 12.5 Å². The average molecular weight is 235 g/mol. The Hall–Kier alpha value is -1.69. The summed E-state index contributed by atoms with van der Waals surface area (Å²) in [4.78, 5) is 8.36. The highest BCUT2D eigenvalue weighted by Crippen LogP contribution is 2.22. The van der Waals surface area contributed by atoms with E-state index in [1.165, 1.54) is 0 Å². The standard InChI is InChI=1S/C11H17N5O/c1-11(2,3)10-14-9(15-17-10)8(12)7-5-13-6-16(7)4/h5-6,8H,12H2,1-4H3. The summed E-state index contributed by atoms with van der Waals surface area (Å²) in [5.74, 6) is 1.07. The summed E-state index contributed by atoms with van der Waals surface area (Å²) in [6.07, 6.45) is 3.40. The second-order valence-electron chi connectivity index (χ2n) is 5.11. The topological polar surface area (TPSA) is 82.8 Å². The number of hydrogen-bond acceptors (Lipinski definition) is 5. The molecular formula is C11H17N5O. The van der Waals surface area contributed by atoms with E-state index in [0.717, 1.165) is 5.69 Å². The van der Waals surface area contributed by atoms with Crippen LogP contribution in [0, 0.1) is 0 Å². The summed E-state index contributed by atoms with van der Waals surface area (Å²) in [6.45, 7) is 6.04. The van der Waals surface area contributed by atoms with Crippen molar-refractivity contribution in [2.75, 3.05) is 0 Å². The van der Waals surface area contributed by atoms with Crippen LogP contribution in [0.5, 0.6) is 0 Å². The number of hydrogen-bond donors (Lipinski definition) is 1. The maximum Gasteiger partial charge on any atom is 0.232 e. The van der Waals surface area contributed by atoms with Gasteiger partial charge in [0.05, 0.1) is 18.2 Å². The van der Waals surface area contributed by atoms with Crippen LogP contribution in [0.15, 0.2) is 17.0 Å². The Bertz CT molecular complexity index is 508. The lowest BCUT2D eigenvalue weighted by Crippen LogP contribution is -2.17. The van der Waals surface area contributed by atoms with E-state index in [1.54, 1.807) is 12.5 Å². The SMILES string of the molecule is Cn1cncc1C(N)c1noc(C(C)(C)C)n1. The Morgan fingerprint density at radius 3 is 2.59 bits per heavy atom. The molecule has 6 heteroatoms. The third-order valence-corrected chi connectivity index (χ3v) is 2.53. The zero-order valence-corrected chi connectivity index (χ0v) is 10.5. The molecular weight excluding hydrogens is 218 g/mol. The van der Waals surface area contributed by atoms with Gasteiger partial charge in [-0.2, -0.15) is 4.98 Å². The van der Waals surface area contributed by atoms with Gasteiger partial charge in [0.25, 0.3) is 0 Å². The second-order valence-corrected chi connectivity index (χ2v) is 5.11. The van der Waals surface area contributed by atoms with Crippen molar-refractivity contribution in [3.8, 4) is 0 Å². The maximum absolute atomic E-state index is 6.07. The number of imidazole rings is 1. The van der Waals surface area contributed by atoms with E-state index >= 15 is 0 Å². The number of aromatic nitrogens is 4. The molecule has 92 valence electrons. The monoisotopic (exact) mass is 235 g/mol. The van der Waals surface area contributed by atoms with E-state index in [4.69, 9.17) is 10.3 Å². The molecule has 0 aromatic carbocycles. The normalized spacial score (nSPS) is 13.9. The van der Waals surface area contributed by atoms with Gasteiger partial charge in [-0.1, -0.05) is 25.9 Å². The van der Waals surface area contributed by atoms with Gasteiger partial charge in [-0.3, -0.25) is 0 Å². The van der Waals surface area contributed by atoms with Crippen molar-refractivity contribution in [1.29, 1.82) is 0 Å². The molecule has 0 fully saturated rings. The molecule has 0 saturated carbocycles. The molecule has 2 heterocycles. The first-order chi connectivity index (χ1) is 7.89. The lowest BCUT2D eigenvalue weighted by atomic mass is 9.97. The summed E-state index contributed by atoms with van der Waals surface area (Å²) < 4.78 is 7.06. The van der Waals surface area contributed by atoms with Crippen LogP contribution in [0.2, 0.25) is 0 Å². The van der Waals surface area contributed by atoms with Gasteiger partial charge < -0.3 is 14.8 Å². The molecule has 0 bridgehead atoms. The average Bonchev–Trinajstić information content (AvgIpc) is 2.83. The van der Waals surface area contributed by atoms with E-state index in [0.29, 0.717) is 11.7 Å². The minimum atomic E-state index is -0.414. The first kappa shape index (κ1) is 11.8. The van der Waals surface area contributed by atoms with Crippen molar-refractivity contribution >= 4 is 0 Å². The molecule has 0 aliphatic rings. The fourth-order valence-corrected chi connectivity index (χ4v) is 1.47. The Morgan fingerprint density at radius 1 is 1.41 bits per heavy atom. The molecule has 2 rings (SSSR count). The van der Waals surface area contributed by atoms with Gasteiger partial charge in [-0.05, 0) is 0 Å². The highest BCUT2D eigenvalue weighted by Gasteiger charge is 2.25. The van der Waals surface area contributed by atoms with Crippen LogP contribution in [-0.2, 0) is 12.5 Å². The van der Waals surface area contributed by atoms with Crippen LogP contribution in [0.25, 0.3) is 0 Å². The fourth-order valence-electron chi connectivity index (χ4n) is 1.47. The van der Waals surface area contributed by atoms with E-state index < -0.39 is 6.04 Å². The molecule has 1 atom stereocenters. The van der Waals surface area contributed by atoms with Crippen molar-refractivity contribution in [1.82, 2.24) is 19.7 Å². The zero-order valence-electron chi connectivity index (χ0n) is 10.5. The van der Waals surface area contributed by atoms with Crippen LogP contribution in [0.1, 0.15) is 44.2 Å². The second kappa shape index (κ2) is 3.96. The molecule has 0 radical (unpaired) electrons. The molecule has 0 aliphatic heterocycles. The van der Waals surface area contributed by atoms with Gasteiger partial charge in [0.15, 0.2) is 5.82 Å². The smallest absolute Gasteiger partial charge is 0.232 e. The number of nitrogens with zero attached hydrogens (tertiary/aromatic N) is 4. The Morgan fingerprint density at radius 2 is 2.12 bits per heavy atom. The number of aryl methyl sites for hydroxylation is 1. The predicted molar refractivity (Wildman–Crippen MR) is 62.2 cm³/mol. The predicted octanol–water partition coefficient (Wildman–Crippen LogP) is 1.15. The fraction of sp³-hybridized carbons (Fsp3) is 0.545. The highest BCUT2D eigenvalue weighted by molar-refractivity contribution is 5.14. The van der Waals surface area contributed by atoms with Gasteiger partial charge in [-0.15, -0.1) is 0 Å². The van der Waals surface area contributed by atoms with E-state index in [9.17, 15) is 0 Å². The minimum Gasteiger partial charge on any atom is -0.339 e. The Kier molecular flexibility index (Phi) is 2.74. The molecule has 0 aliphatic carbocycles. The van der Waals surface area contributed by atoms with Crippen LogP contribution in [0.4, 0.5) is 0 Å². The van der Waals surface area contributed by atoms with Crippen LogP contribution >= 0.6 is 0 Å². The van der Waals surface area contributed by atoms with E-state index in [-0.39, 0.29) is 5.41 Å².